The van der Waals surface area contributed by atoms with Gasteiger partial charge in [0.1, 0.15) is 12.4 Å². The van der Waals surface area contributed by atoms with Crippen LogP contribution in [0.15, 0.2) is 48.5 Å². The van der Waals surface area contributed by atoms with Crippen LogP contribution < -0.4 is 5.32 Å². The van der Waals surface area contributed by atoms with Gasteiger partial charge in [-0.2, -0.15) is 0 Å². The van der Waals surface area contributed by atoms with E-state index in [0.29, 0.717) is 25.1 Å². The van der Waals surface area contributed by atoms with Crippen molar-refractivity contribution in [2.24, 2.45) is 0 Å². The number of nitrogens with zero attached hydrogens (tertiary/aromatic N) is 2. The summed E-state index contributed by atoms with van der Waals surface area (Å²) in [6.07, 6.45) is 1.38. The molecule has 0 radical (unpaired) electrons. The van der Waals surface area contributed by atoms with Gasteiger partial charge >= 0.3 is 5.97 Å². The Bertz CT molecular complexity index is 961. The number of aryl methyl sites for hydroxylation is 2. The van der Waals surface area contributed by atoms with Gasteiger partial charge in [0.2, 0.25) is 0 Å². The molecule has 6 heteroatoms. The fourth-order valence-corrected chi connectivity index (χ4v) is 3.08. The summed E-state index contributed by atoms with van der Waals surface area (Å²) >= 11 is 0. The molecule has 2 aromatic carbocycles. The van der Waals surface area contributed by atoms with Gasteiger partial charge in [-0.15, -0.1) is 0 Å². The molecule has 0 aliphatic carbocycles. The Labute approximate surface area is 164 Å². The highest BCUT2D eigenvalue weighted by atomic mass is 16.5. The average molecular weight is 379 g/mol. The van der Waals surface area contributed by atoms with Crippen LogP contribution in [-0.4, -0.2) is 34.6 Å². The Hall–Kier alpha value is -3.15. The van der Waals surface area contributed by atoms with E-state index in [1.807, 2.05) is 60.0 Å². The zero-order valence-electron chi connectivity index (χ0n) is 16.3. The summed E-state index contributed by atoms with van der Waals surface area (Å²) in [5.74, 6) is 0.457. The van der Waals surface area contributed by atoms with Gasteiger partial charge in [0.15, 0.2) is 0 Å². The van der Waals surface area contributed by atoms with Crippen molar-refractivity contribution in [3.05, 3.63) is 65.5 Å². The lowest BCUT2D eigenvalue weighted by molar-refractivity contribution is -0.143. The van der Waals surface area contributed by atoms with Crippen LogP contribution in [0.5, 0.6) is 0 Å². The van der Waals surface area contributed by atoms with Crippen molar-refractivity contribution >= 4 is 22.9 Å². The molecule has 0 saturated heterocycles. The smallest absolute Gasteiger partial charge is 0.326 e. The maximum absolute atomic E-state index is 12.2. The van der Waals surface area contributed by atoms with E-state index in [2.05, 4.69) is 10.3 Å². The Morgan fingerprint density at radius 2 is 1.86 bits per heavy atom. The SMILES string of the molecule is CCOC(=O)Cn1c(CCCNC(=O)c2ccc(C)cc2)nc2ccccc21. The molecule has 0 atom stereocenters. The van der Waals surface area contributed by atoms with E-state index in [1.54, 1.807) is 6.92 Å². The third kappa shape index (κ3) is 4.76. The van der Waals surface area contributed by atoms with Gasteiger partial charge in [0.25, 0.3) is 5.91 Å². The summed E-state index contributed by atoms with van der Waals surface area (Å²) in [6, 6.07) is 15.2. The van der Waals surface area contributed by atoms with Crippen LogP contribution in [0.3, 0.4) is 0 Å². The second-order valence-electron chi connectivity index (χ2n) is 6.63. The average Bonchev–Trinajstić information content (AvgIpc) is 3.03. The predicted molar refractivity (Wildman–Crippen MR) is 108 cm³/mol. The monoisotopic (exact) mass is 379 g/mol. The molecule has 1 N–H and O–H groups in total. The second kappa shape index (κ2) is 9.17. The number of imidazole rings is 1. The molecule has 0 unspecified atom stereocenters. The standard InChI is InChI=1S/C22H25N3O3/c1-3-28-21(26)15-25-19-8-5-4-7-18(19)24-20(25)9-6-14-23-22(27)17-12-10-16(2)11-13-17/h4-5,7-8,10-13H,3,6,9,14-15H2,1-2H3,(H,23,27). The van der Waals surface area contributed by atoms with E-state index in [-0.39, 0.29) is 18.4 Å². The Balaban J connectivity index is 1.62. The molecule has 0 spiro atoms. The molecule has 6 nitrogen and oxygen atoms in total. The molecule has 0 aliphatic rings. The number of benzene rings is 2. The van der Waals surface area contributed by atoms with Gasteiger partial charge in [0.05, 0.1) is 17.6 Å². The van der Waals surface area contributed by atoms with E-state index < -0.39 is 0 Å². The molecular formula is C22H25N3O3. The van der Waals surface area contributed by atoms with E-state index in [4.69, 9.17) is 4.74 Å². The quantitative estimate of drug-likeness (QED) is 0.482. The number of hydrogen-bond donors (Lipinski definition) is 1. The fraction of sp³-hybridized carbons (Fsp3) is 0.318. The summed E-state index contributed by atoms with van der Waals surface area (Å²) < 4.78 is 6.99. The Morgan fingerprint density at radius 1 is 1.11 bits per heavy atom. The number of esters is 1. The molecule has 1 amide bonds. The first-order chi connectivity index (χ1) is 13.6. The predicted octanol–water partition coefficient (Wildman–Crippen LogP) is 3.27. The van der Waals surface area contributed by atoms with Crippen molar-refractivity contribution in [1.82, 2.24) is 14.9 Å². The molecule has 1 heterocycles. The molecule has 28 heavy (non-hydrogen) atoms. The second-order valence-corrected chi connectivity index (χ2v) is 6.63. The molecule has 3 rings (SSSR count). The third-order valence-electron chi connectivity index (χ3n) is 4.50. The van der Waals surface area contributed by atoms with Crippen molar-refractivity contribution in [1.29, 1.82) is 0 Å². The number of aromatic nitrogens is 2. The van der Waals surface area contributed by atoms with Gasteiger partial charge in [0, 0.05) is 18.5 Å². The minimum absolute atomic E-state index is 0.0833. The number of carbonyl (C=O) groups is 2. The van der Waals surface area contributed by atoms with Crippen molar-refractivity contribution < 1.29 is 14.3 Å². The lowest BCUT2D eigenvalue weighted by Gasteiger charge is -2.09. The maximum atomic E-state index is 12.2. The molecule has 3 aromatic rings. The Morgan fingerprint density at radius 3 is 2.61 bits per heavy atom. The fourth-order valence-electron chi connectivity index (χ4n) is 3.08. The lowest BCUT2D eigenvalue weighted by Crippen LogP contribution is -2.25. The van der Waals surface area contributed by atoms with Crippen LogP contribution in [0.2, 0.25) is 0 Å². The molecular weight excluding hydrogens is 354 g/mol. The zero-order valence-corrected chi connectivity index (χ0v) is 16.3. The third-order valence-corrected chi connectivity index (χ3v) is 4.50. The lowest BCUT2D eigenvalue weighted by atomic mass is 10.1. The number of para-hydroxylation sites is 2. The first kappa shape index (κ1) is 19.6. The van der Waals surface area contributed by atoms with E-state index in [9.17, 15) is 9.59 Å². The van der Waals surface area contributed by atoms with Crippen molar-refractivity contribution in [2.45, 2.75) is 33.2 Å². The molecule has 146 valence electrons. The Kier molecular flexibility index (Phi) is 6.42. The largest absolute Gasteiger partial charge is 0.465 e. The highest BCUT2D eigenvalue weighted by molar-refractivity contribution is 5.94. The number of rotatable bonds is 8. The number of nitrogens with one attached hydrogen (secondary N) is 1. The highest BCUT2D eigenvalue weighted by Gasteiger charge is 2.14. The van der Waals surface area contributed by atoms with Gasteiger partial charge in [-0.1, -0.05) is 29.8 Å². The van der Waals surface area contributed by atoms with Crippen LogP contribution in [0.25, 0.3) is 11.0 Å². The minimum Gasteiger partial charge on any atom is -0.465 e. The van der Waals surface area contributed by atoms with Crippen LogP contribution >= 0.6 is 0 Å². The van der Waals surface area contributed by atoms with Crippen LogP contribution in [-0.2, 0) is 22.5 Å². The minimum atomic E-state index is -0.278. The first-order valence-electron chi connectivity index (χ1n) is 9.53. The summed E-state index contributed by atoms with van der Waals surface area (Å²) in [7, 11) is 0. The number of carbonyl (C=O) groups excluding carboxylic acids is 2. The summed E-state index contributed by atoms with van der Waals surface area (Å²) in [6.45, 7) is 4.81. The summed E-state index contributed by atoms with van der Waals surface area (Å²) in [4.78, 5) is 28.8. The van der Waals surface area contributed by atoms with Gasteiger partial charge < -0.3 is 14.6 Å². The first-order valence-corrected chi connectivity index (χ1v) is 9.53. The number of ether oxygens (including phenoxy) is 1. The van der Waals surface area contributed by atoms with Gasteiger partial charge in [-0.25, -0.2) is 4.98 Å². The van der Waals surface area contributed by atoms with Crippen LogP contribution in [0.4, 0.5) is 0 Å². The maximum Gasteiger partial charge on any atom is 0.326 e. The number of hydrogen-bond acceptors (Lipinski definition) is 4. The zero-order chi connectivity index (χ0) is 19.9. The molecule has 1 aromatic heterocycles. The van der Waals surface area contributed by atoms with Crippen molar-refractivity contribution in [3.8, 4) is 0 Å². The number of fused-ring (bicyclic) bond motifs is 1. The normalized spacial score (nSPS) is 10.8. The summed E-state index contributed by atoms with van der Waals surface area (Å²) in [5, 5.41) is 2.94. The van der Waals surface area contributed by atoms with Crippen molar-refractivity contribution in [2.75, 3.05) is 13.2 Å². The summed E-state index contributed by atoms with van der Waals surface area (Å²) in [5.41, 5.74) is 3.54. The van der Waals surface area contributed by atoms with E-state index in [1.165, 1.54) is 0 Å². The molecule has 0 saturated carbocycles. The van der Waals surface area contributed by atoms with Gasteiger partial charge in [-0.05, 0) is 44.5 Å². The highest BCUT2D eigenvalue weighted by Crippen LogP contribution is 2.17. The van der Waals surface area contributed by atoms with Crippen LogP contribution in [0.1, 0.15) is 35.1 Å². The topological polar surface area (TPSA) is 73.2 Å². The van der Waals surface area contributed by atoms with Crippen LogP contribution in [0, 0.1) is 6.92 Å². The van der Waals surface area contributed by atoms with Crippen molar-refractivity contribution in [3.63, 3.8) is 0 Å². The van der Waals surface area contributed by atoms with Gasteiger partial charge in [-0.3, -0.25) is 9.59 Å². The molecule has 0 aliphatic heterocycles. The molecule has 0 bridgehead atoms. The number of amides is 1. The van der Waals surface area contributed by atoms with E-state index in [0.717, 1.165) is 28.8 Å². The molecule has 0 fully saturated rings. The van der Waals surface area contributed by atoms with E-state index >= 15 is 0 Å².